The second kappa shape index (κ2) is 10.4. The van der Waals surface area contributed by atoms with Crippen molar-refractivity contribution in [2.24, 2.45) is 0 Å². The summed E-state index contributed by atoms with van der Waals surface area (Å²) < 4.78 is 58.2. The Kier molecular flexibility index (Phi) is 7.09. The summed E-state index contributed by atoms with van der Waals surface area (Å²) in [5.74, 6) is -0.906. The highest BCUT2D eigenvalue weighted by molar-refractivity contribution is 6.31. The molecule has 3 heterocycles. The minimum absolute atomic E-state index is 0.0152. The molecule has 2 aromatic carbocycles. The van der Waals surface area contributed by atoms with Gasteiger partial charge in [-0.2, -0.15) is 23.4 Å². The summed E-state index contributed by atoms with van der Waals surface area (Å²) in [5, 5.41) is 10.9. The molecule has 0 bridgehead atoms. The van der Waals surface area contributed by atoms with Crippen LogP contribution in [0.25, 0.3) is 16.9 Å². The lowest BCUT2D eigenvalue weighted by Gasteiger charge is -2.11. The van der Waals surface area contributed by atoms with Crippen LogP contribution in [-0.2, 0) is 12.7 Å². The monoisotopic (exact) mass is 570 g/mol. The van der Waals surface area contributed by atoms with E-state index in [2.05, 4.69) is 20.5 Å². The second-order valence-corrected chi connectivity index (χ2v) is 9.99. The summed E-state index contributed by atoms with van der Waals surface area (Å²) in [6, 6.07) is 15.1. The van der Waals surface area contributed by atoms with Crippen LogP contribution < -0.4 is 5.32 Å². The van der Waals surface area contributed by atoms with Crippen molar-refractivity contribution < 1.29 is 22.4 Å². The van der Waals surface area contributed by atoms with Crippen molar-refractivity contribution in [2.75, 3.05) is 5.32 Å². The van der Waals surface area contributed by atoms with E-state index in [4.69, 9.17) is 11.6 Å². The molecule has 7 nitrogen and oxygen atoms in total. The quantitative estimate of drug-likeness (QED) is 0.220. The number of hydrogen-bond acceptors (Lipinski definition) is 4. The van der Waals surface area contributed by atoms with E-state index in [-0.39, 0.29) is 45.9 Å². The smallest absolute Gasteiger partial charge is 0.304 e. The number of nitrogens with one attached hydrogen (secondary N) is 1. The Morgan fingerprint density at radius 1 is 1.05 bits per heavy atom. The summed E-state index contributed by atoms with van der Waals surface area (Å²) in [7, 11) is 0. The summed E-state index contributed by atoms with van der Waals surface area (Å²) in [5.41, 5.74) is 0.977. The van der Waals surface area contributed by atoms with Crippen molar-refractivity contribution in [3.63, 3.8) is 0 Å². The van der Waals surface area contributed by atoms with E-state index >= 15 is 0 Å². The molecule has 206 valence electrons. The molecule has 1 amide bonds. The summed E-state index contributed by atoms with van der Waals surface area (Å²) >= 11 is 6.11. The van der Waals surface area contributed by atoms with Crippen LogP contribution in [-0.4, -0.2) is 30.3 Å². The topological polar surface area (TPSA) is 77.1 Å². The van der Waals surface area contributed by atoms with Gasteiger partial charge < -0.3 is 5.32 Å². The first-order chi connectivity index (χ1) is 18.9. The average molecular weight is 571 g/mol. The van der Waals surface area contributed by atoms with Crippen molar-refractivity contribution in [1.82, 2.24) is 24.4 Å². The maximum atomic E-state index is 14.2. The third kappa shape index (κ3) is 5.42. The van der Waals surface area contributed by atoms with Gasteiger partial charge in [0.05, 0.1) is 12.2 Å². The number of benzene rings is 2. The van der Waals surface area contributed by atoms with Gasteiger partial charge in [-0.15, -0.1) is 0 Å². The van der Waals surface area contributed by atoms with Crippen molar-refractivity contribution in [3.8, 4) is 11.3 Å². The number of carbonyl (C=O) groups excluding carboxylic acids is 1. The molecule has 5 aromatic rings. The van der Waals surface area contributed by atoms with Gasteiger partial charge >= 0.3 is 6.18 Å². The van der Waals surface area contributed by atoms with E-state index in [1.807, 2.05) is 26.0 Å². The largest absolute Gasteiger partial charge is 0.433 e. The highest BCUT2D eigenvalue weighted by Crippen LogP contribution is 2.33. The lowest BCUT2D eigenvalue weighted by atomic mass is 10.0. The molecule has 0 spiro atoms. The van der Waals surface area contributed by atoms with Crippen LogP contribution in [0.1, 0.15) is 52.8 Å². The number of halogens is 5. The molecule has 12 heteroatoms. The molecule has 0 saturated carbocycles. The van der Waals surface area contributed by atoms with E-state index in [0.29, 0.717) is 15.8 Å². The Morgan fingerprint density at radius 3 is 2.42 bits per heavy atom. The second-order valence-electron chi connectivity index (χ2n) is 9.58. The number of fused-ring (bicyclic) bond motifs is 1. The van der Waals surface area contributed by atoms with Crippen LogP contribution in [0.4, 0.5) is 23.4 Å². The van der Waals surface area contributed by atoms with Crippen LogP contribution in [0.3, 0.4) is 0 Å². The van der Waals surface area contributed by atoms with Gasteiger partial charge in [-0.25, -0.2) is 13.9 Å². The van der Waals surface area contributed by atoms with E-state index in [9.17, 15) is 22.4 Å². The first-order valence-electron chi connectivity index (χ1n) is 12.3. The van der Waals surface area contributed by atoms with Gasteiger partial charge in [-0.05, 0) is 36.6 Å². The molecule has 0 aliphatic heterocycles. The van der Waals surface area contributed by atoms with Gasteiger partial charge in [0.25, 0.3) is 5.91 Å². The molecule has 0 aliphatic rings. The van der Waals surface area contributed by atoms with E-state index in [1.165, 1.54) is 22.9 Å². The predicted octanol–water partition coefficient (Wildman–Crippen LogP) is 7.14. The minimum Gasteiger partial charge on any atom is -0.304 e. The maximum Gasteiger partial charge on any atom is 0.433 e. The van der Waals surface area contributed by atoms with E-state index < -0.39 is 23.6 Å². The average Bonchev–Trinajstić information content (AvgIpc) is 3.48. The number of rotatable bonds is 6. The molecule has 0 saturated heterocycles. The normalized spacial score (nSPS) is 11.9. The van der Waals surface area contributed by atoms with Gasteiger partial charge in [0.1, 0.15) is 5.82 Å². The number of aryl methyl sites for hydroxylation is 1. The van der Waals surface area contributed by atoms with Gasteiger partial charge in [0, 0.05) is 34.0 Å². The van der Waals surface area contributed by atoms with E-state index in [0.717, 1.165) is 11.6 Å². The maximum absolute atomic E-state index is 14.2. The van der Waals surface area contributed by atoms with Crippen LogP contribution in [0.15, 0.2) is 60.7 Å². The number of hydrogen-bond donors (Lipinski definition) is 1. The first kappa shape index (κ1) is 27.3. The summed E-state index contributed by atoms with van der Waals surface area (Å²) in [4.78, 5) is 17.3. The number of alkyl halides is 3. The fourth-order valence-electron chi connectivity index (χ4n) is 4.22. The van der Waals surface area contributed by atoms with Gasteiger partial charge in [0.2, 0.25) is 0 Å². The standard InChI is InChI=1S/C28H23ClF4N6O/c1-15(2)17-7-9-18(10-8-17)22-12-24(28(31,32)33)39-26(34-22)13-23(36-39)27(40)35-25-11-16(3)38(37-25)14-19-20(29)5-4-6-21(19)30/h4-13,15H,14H2,1-3H3,(H,35,37,40). The number of carbonyl (C=O) groups is 1. The molecule has 0 radical (unpaired) electrons. The van der Waals surface area contributed by atoms with Gasteiger partial charge in [-0.1, -0.05) is 55.8 Å². The number of anilines is 1. The molecule has 1 N–H and O–H groups in total. The fraction of sp³-hybridized carbons (Fsp3) is 0.214. The van der Waals surface area contributed by atoms with Crippen LogP contribution in [0.2, 0.25) is 5.02 Å². The number of amides is 1. The molecular weight excluding hydrogens is 548 g/mol. The lowest BCUT2D eigenvalue weighted by Crippen LogP contribution is -2.16. The Balaban J connectivity index is 1.45. The van der Waals surface area contributed by atoms with Crippen molar-refractivity contribution in [3.05, 3.63) is 99.7 Å². The minimum atomic E-state index is -4.75. The predicted molar refractivity (Wildman–Crippen MR) is 143 cm³/mol. The lowest BCUT2D eigenvalue weighted by molar-refractivity contribution is -0.142. The van der Waals surface area contributed by atoms with Crippen LogP contribution in [0.5, 0.6) is 0 Å². The summed E-state index contributed by atoms with van der Waals surface area (Å²) in [6.07, 6.45) is -4.75. The third-order valence-electron chi connectivity index (χ3n) is 6.42. The molecule has 0 fully saturated rings. The fourth-order valence-corrected chi connectivity index (χ4v) is 4.44. The SMILES string of the molecule is Cc1cc(NC(=O)c2cc3nc(-c4ccc(C(C)C)cc4)cc(C(F)(F)F)n3n2)nn1Cc1c(F)cccc1Cl. The van der Waals surface area contributed by atoms with Gasteiger partial charge in [0.15, 0.2) is 22.9 Å². The highest BCUT2D eigenvalue weighted by atomic mass is 35.5. The van der Waals surface area contributed by atoms with Crippen LogP contribution in [0, 0.1) is 12.7 Å². The Bertz CT molecular complexity index is 1700. The van der Waals surface area contributed by atoms with E-state index in [1.54, 1.807) is 31.2 Å². The number of nitrogens with zero attached hydrogens (tertiary/aromatic N) is 5. The third-order valence-corrected chi connectivity index (χ3v) is 6.77. The van der Waals surface area contributed by atoms with Crippen LogP contribution >= 0.6 is 11.6 Å². The zero-order valence-electron chi connectivity index (χ0n) is 21.6. The summed E-state index contributed by atoms with van der Waals surface area (Å²) in [6.45, 7) is 5.76. The van der Waals surface area contributed by atoms with Crippen molar-refractivity contribution in [1.29, 1.82) is 0 Å². The zero-order chi connectivity index (χ0) is 28.8. The Hall–Kier alpha value is -4.25. The molecule has 0 aliphatic carbocycles. The molecule has 0 atom stereocenters. The van der Waals surface area contributed by atoms with Crippen molar-refractivity contribution in [2.45, 2.75) is 39.4 Å². The zero-order valence-corrected chi connectivity index (χ0v) is 22.3. The molecule has 5 rings (SSSR count). The van der Waals surface area contributed by atoms with Gasteiger partial charge in [-0.3, -0.25) is 9.48 Å². The number of aromatic nitrogens is 5. The molecule has 0 unspecified atom stereocenters. The Labute approximate surface area is 231 Å². The molecule has 40 heavy (non-hydrogen) atoms. The molecular formula is C28H23ClF4N6O. The van der Waals surface area contributed by atoms with Crippen molar-refractivity contribution >= 4 is 29.0 Å². The first-order valence-corrected chi connectivity index (χ1v) is 12.7. The Morgan fingerprint density at radius 2 is 1.77 bits per heavy atom. The highest BCUT2D eigenvalue weighted by Gasteiger charge is 2.35. The molecule has 3 aromatic heterocycles.